The molecule has 0 saturated heterocycles. The Morgan fingerprint density at radius 1 is 1.23 bits per heavy atom. The SMILES string of the molecule is NCC(O)(CN)c1ccccc1F. The summed E-state index contributed by atoms with van der Waals surface area (Å²) in [6.07, 6.45) is 0. The topological polar surface area (TPSA) is 72.3 Å². The van der Waals surface area contributed by atoms with Crippen LogP contribution in [0, 0.1) is 5.82 Å². The van der Waals surface area contributed by atoms with E-state index in [-0.39, 0.29) is 18.7 Å². The highest BCUT2D eigenvalue weighted by Crippen LogP contribution is 2.21. The first-order chi connectivity index (χ1) is 6.14. The molecule has 0 unspecified atom stereocenters. The Kier molecular flexibility index (Phi) is 2.98. The summed E-state index contributed by atoms with van der Waals surface area (Å²) in [5, 5.41) is 9.79. The number of nitrogens with two attached hydrogens (primary N) is 2. The van der Waals surface area contributed by atoms with Crippen molar-refractivity contribution in [2.24, 2.45) is 11.5 Å². The van der Waals surface area contributed by atoms with Gasteiger partial charge in [-0.2, -0.15) is 0 Å². The lowest BCUT2D eigenvalue weighted by Gasteiger charge is -2.25. The van der Waals surface area contributed by atoms with Gasteiger partial charge in [-0.05, 0) is 6.07 Å². The molecule has 13 heavy (non-hydrogen) atoms. The van der Waals surface area contributed by atoms with E-state index in [1.807, 2.05) is 0 Å². The molecule has 1 rings (SSSR count). The van der Waals surface area contributed by atoms with E-state index < -0.39 is 11.4 Å². The van der Waals surface area contributed by atoms with Gasteiger partial charge in [0.1, 0.15) is 11.4 Å². The number of hydrogen-bond donors (Lipinski definition) is 3. The average molecular weight is 184 g/mol. The first-order valence-electron chi connectivity index (χ1n) is 4.01. The first kappa shape index (κ1) is 10.1. The molecule has 0 aliphatic rings. The monoisotopic (exact) mass is 184 g/mol. The Hall–Kier alpha value is -0.970. The minimum absolute atomic E-state index is 0.0928. The minimum Gasteiger partial charge on any atom is -0.382 e. The van der Waals surface area contributed by atoms with E-state index in [1.54, 1.807) is 12.1 Å². The second kappa shape index (κ2) is 3.83. The van der Waals surface area contributed by atoms with Gasteiger partial charge in [-0.25, -0.2) is 4.39 Å². The van der Waals surface area contributed by atoms with E-state index in [4.69, 9.17) is 11.5 Å². The summed E-state index contributed by atoms with van der Waals surface area (Å²) in [5.74, 6) is -0.485. The van der Waals surface area contributed by atoms with E-state index in [0.717, 1.165) is 0 Å². The van der Waals surface area contributed by atoms with E-state index in [2.05, 4.69) is 0 Å². The molecule has 0 atom stereocenters. The van der Waals surface area contributed by atoms with Crippen LogP contribution in [0.4, 0.5) is 4.39 Å². The third kappa shape index (κ3) is 1.85. The zero-order chi connectivity index (χ0) is 9.90. The maximum atomic E-state index is 13.2. The fourth-order valence-corrected chi connectivity index (χ4v) is 1.14. The van der Waals surface area contributed by atoms with Crippen molar-refractivity contribution in [3.8, 4) is 0 Å². The van der Waals surface area contributed by atoms with Crippen LogP contribution in [0.2, 0.25) is 0 Å². The molecule has 0 saturated carbocycles. The van der Waals surface area contributed by atoms with Crippen molar-refractivity contribution in [1.29, 1.82) is 0 Å². The lowest BCUT2D eigenvalue weighted by atomic mass is 9.94. The van der Waals surface area contributed by atoms with Crippen LogP contribution in [-0.4, -0.2) is 18.2 Å². The van der Waals surface area contributed by atoms with Gasteiger partial charge in [0.15, 0.2) is 0 Å². The lowest BCUT2D eigenvalue weighted by molar-refractivity contribution is 0.0516. The summed E-state index contributed by atoms with van der Waals surface area (Å²) in [5.41, 5.74) is 9.34. The standard InChI is InChI=1S/C9H13FN2O/c10-8-4-2-1-3-7(8)9(13,5-11)6-12/h1-4,13H,5-6,11-12H2. The average Bonchev–Trinajstić information content (AvgIpc) is 2.17. The zero-order valence-electron chi connectivity index (χ0n) is 7.20. The van der Waals surface area contributed by atoms with Crippen molar-refractivity contribution in [3.63, 3.8) is 0 Å². The van der Waals surface area contributed by atoms with Crippen molar-refractivity contribution in [1.82, 2.24) is 0 Å². The molecule has 0 aliphatic carbocycles. The Balaban J connectivity index is 3.12. The highest BCUT2D eigenvalue weighted by Gasteiger charge is 2.28. The van der Waals surface area contributed by atoms with Crippen molar-refractivity contribution < 1.29 is 9.50 Å². The van der Waals surface area contributed by atoms with Gasteiger partial charge in [-0.15, -0.1) is 0 Å². The van der Waals surface area contributed by atoms with Gasteiger partial charge >= 0.3 is 0 Å². The number of rotatable bonds is 3. The summed E-state index contributed by atoms with van der Waals surface area (Å²) in [7, 11) is 0. The zero-order valence-corrected chi connectivity index (χ0v) is 7.20. The lowest BCUT2D eigenvalue weighted by Crippen LogP contribution is -2.42. The van der Waals surface area contributed by atoms with Crippen LogP contribution in [0.3, 0.4) is 0 Å². The Morgan fingerprint density at radius 2 is 1.77 bits per heavy atom. The molecule has 0 heterocycles. The van der Waals surface area contributed by atoms with Gasteiger partial charge in [0.2, 0.25) is 0 Å². The summed E-state index contributed by atoms with van der Waals surface area (Å²) in [4.78, 5) is 0. The fourth-order valence-electron chi connectivity index (χ4n) is 1.14. The molecule has 0 aromatic heterocycles. The van der Waals surface area contributed by atoms with Crippen LogP contribution in [0.5, 0.6) is 0 Å². The molecule has 0 fully saturated rings. The number of aliphatic hydroxyl groups is 1. The molecule has 5 N–H and O–H groups in total. The molecular formula is C9H13FN2O. The maximum absolute atomic E-state index is 13.2. The number of hydrogen-bond acceptors (Lipinski definition) is 3. The third-order valence-electron chi connectivity index (χ3n) is 2.05. The molecule has 0 spiro atoms. The smallest absolute Gasteiger partial charge is 0.129 e. The summed E-state index contributed by atoms with van der Waals surface area (Å²) < 4.78 is 13.2. The van der Waals surface area contributed by atoms with Crippen LogP contribution in [-0.2, 0) is 5.60 Å². The molecule has 0 aliphatic heterocycles. The number of halogens is 1. The normalized spacial score (nSPS) is 11.7. The Bertz CT molecular complexity index is 287. The van der Waals surface area contributed by atoms with Gasteiger partial charge in [-0.1, -0.05) is 18.2 Å². The predicted octanol–water partition coefficient (Wildman–Crippen LogP) is -0.0693. The highest BCUT2D eigenvalue weighted by molar-refractivity contribution is 5.25. The van der Waals surface area contributed by atoms with Crippen molar-refractivity contribution >= 4 is 0 Å². The number of benzene rings is 1. The summed E-state index contributed by atoms with van der Waals surface area (Å²) >= 11 is 0. The quantitative estimate of drug-likeness (QED) is 0.615. The van der Waals surface area contributed by atoms with Gasteiger partial charge in [0.05, 0.1) is 0 Å². The highest BCUT2D eigenvalue weighted by atomic mass is 19.1. The fraction of sp³-hybridized carbons (Fsp3) is 0.333. The van der Waals surface area contributed by atoms with Crippen LogP contribution in [0.25, 0.3) is 0 Å². The molecular weight excluding hydrogens is 171 g/mol. The van der Waals surface area contributed by atoms with E-state index in [0.29, 0.717) is 0 Å². The third-order valence-corrected chi connectivity index (χ3v) is 2.05. The first-order valence-corrected chi connectivity index (χ1v) is 4.01. The summed E-state index contributed by atoms with van der Waals surface area (Å²) in [6.45, 7) is -0.186. The van der Waals surface area contributed by atoms with Crippen LogP contribution in [0.1, 0.15) is 5.56 Å². The molecule has 1 aromatic carbocycles. The maximum Gasteiger partial charge on any atom is 0.129 e. The van der Waals surface area contributed by atoms with Gasteiger partial charge < -0.3 is 16.6 Å². The molecule has 0 radical (unpaired) electrons. The van der Waals surface area contributed by atoms with Crippen molar-refractivity contribution in [3.05, 3.63) is 35.6 Å². The largest absolute Gasteiger partial charge is 0.382 e. The van der Waals surface area contributed by atoms with Gasteiger partial charge in [0.25, 0.3) is 0 Å². The van der Waals surface area contributed by atoms with Crippen LogP contribution >= 0.6 is 0 Å². The molecule has 1 aromatic rings. The van der Waals surface area contributed by atoms with E-state index in [1.165, 1.54) is 12.1 Å². The second-order valence-electron chi connectivity index (χ2n) is 2.92. The second-order valence-corrected chi connectivity index (χ2v) is 2.92. The van der Waals surface area contributed by atoms with Gasteiger partial charge in [-0.3, -0.25) is 0 Å². The molecule has 0 bridgehead atoms. The van der Waals surface area contributed by atoms with Crippen LogP contribution in [0.15, 0.2) is 24.3 Å². The van der Waals surface area contributed by atoms with E-state index >= 15 is 0 Å². The van der Waals surface area contributed by atoms with Crippen LogP contribution < -0.4 is 11.5 Å². The van der Waals surface area contributed by atoms with Gasteiger partial charge in [0, 0.05) is 18.7 Å². The minimum atomic E-state index is -1.45. The molecule has 72 valence electrons. The summed E-state index contributed by atoms with van der Waals surface area (Å²) in [6, 6.07) is 5.93. The predicted molar refractivity (Wildman–Crippen MR) is 48.4 cm³/mol. The Labute approximate surface area is 76.2 Å². The van der Waals surface area contributed by atoms with Crippen molar-refractivity contribution in [2.45, 2.75) is 5.60 Å². The molecule has 0 amide bonds. The van der Waals surface area contributed by atoms with Crippen molar-refractivity contribution in [2.75, 3.05) is 13.1 Å². The Morgan fingerprint density at radius 3 is 2.23 bits per heavy atom. The van der Waals surface area contributed by atoms with E-state index in [9.17, 15) is 9.50 Å². The molecule has 4 heteroatoms. The molecule has 3 nitrogen and oxygen atoms in total.